The molecule has 0 aliphatic heterocycles. The Bertz CT molecular complexity index is 553. The van der Waals surface area contributed by atoms with E-state index in [4.69, 9.17) is 5.73 Å². The molecule has 7 nitrogen and oxygen atoms in total. The number of hydrogen-bond donors (Lipinski definition) is 3. The third kappa shape index (κ3) is 3.91. The van der Waals surface area contributed by atoms with E-state index in [2.05, 4.69) is 5.32 Å². The quantitative estimate of drug-likeness (QED) is 0.447. The number of nitro benzene ring substituents is 1. The molecule has 0 aromatic heterocycles. The number of phenolic OH excluding ortho intramolecular Hbond substituents is 1. The zero-order valence-corrected chi connectivity index (χ0v) is 11.7. The molecule has 0 saturated heterocycles. The highest BCUT2D eigenvalue weighted by Gasteiger charge is 2.30. The topological polar surface area (TPSA) is 118 Å². The number of non-ortho nitro benzene ring substituents is 1. The van der Waals surface area contributed by atoms with Gasteiger partial charge in [-0.15, -0.1) is 0 Å². The van der Waals surface area contributed by atoms with Crippen LogP contribution in [0.5, 0.6) is 5.75 Å². The lowest BCUT2D eigenvalue weighted by Crippen LogP contribution is -2.44. The monoisotopic (exact) mass is 293 g/mol. The summed E-state index contributed by atoms with van der Waals surface area (Å²) in [6.07, 6.45) is 4.99. The van der Waals surface area contributed by atoms with Crippen LogP contribution in [0.2, 0.25) is 0 Å². The van der Waals surface area contributed by atoms with E-state index in [-0.39, 0.29) is 29.5 Å². The van der Waals surface area contributed by atoms with Gasteiger partial charge in [-0.2, -0.15) is 0 Å². The molecular weight excluding hydrogens is 274 g/mol. The number of nitrogens with two attached hydrogens (primary N) is 1. The Hall–Kier alpha value is -2.15. The van der Waals surface area contributed by atoms with Gasteiger partial charge in [0, 0.05) is 18.0 Å². The second-order valence-electron chi connectivity index (χ2n) is 5.61. The van der Waals surface area contributed by atoms with Crippen molar-refractivity contribution < 1.29 is 14.8 Å². The molecule has 0 unspecified atom stereocenters. The van der Waals surface area contributed by atoms with Crippen LogP contribution in [0.4, 0.5) is 11.4 Å². The van der Waals surface area contributed by atoms with Gasteiger partial charge in [-0.1, -0.05) is 19.3 Å². The van der Waals surface area contributed by atoms with E-state index in [0.29, 0.717) is 0 Å². The van der Waals surface area contributed by atoms with Gasteiger partial charge in [-0.05, 0) is 18.9 Å². The van der Waals surface area contributed by atoms with Crippen LogP contribution in [0.25, 0.3) is 0 Å². The van der Waals surface area contributed by atoms with Crippen LogP contribution in [0.3, 0.4) is 0 Å². The number of carbonyl (C=O) groups is 1. The summed E-state index contributed by atoms with van der Waals surface area (Å²) in [5.41, 5.74) is 5.64. The van der Waals surface area contributed by atoms with Crippen LogP contribution in [0, 0.1) is 10.1 Å². The second-order valence-corrected chi connectivity index (χ2v) is 5.61. The van der Waals surface area contributed by atoms with Crippen molar-refractivity contribution in [3.63, 3.8) is 0 Å². The molecular formula is C14H19N3O4. The van der Waals surface area contributed by atoms with Crippen LogP contribution < -0.4 is 11.1 Å². The molecule has 1 fully saturated rings. The van der Waals surface area contributed by atoms with E-state index in [1.165, 1.54) is 12.1 Å². The van der Waals surface area contributed by atoms with Gasteiger partial charge in [0.25, 0.3) is 5.69 Å². The van der Waals surface area contributed by atoms with Crippen LogP contribution in [-0.4, -0.2) is 21.5 Å². The van der Waals surface area contributed by atoms with Crippen molar-refractivity contribution >= 4 is 17.3 Å². The summed E-state index contributed by atoms with van der Waals surface area (Å²) in [4.78, 5) is 22.0. The smallest absolute Gasteiger partial charge is 0.273 e. The fourth-order valence-electron chi connectivity index (χ4n) is 2.69. The zero-order chi connectivity index (χ0) is 15.5. The molecule has 0 spiro atoms. The molecule has 0 heterocycles. The number of nitro groups is 1. The number of nitrogens with one attached hydrogen (secondary N) is 1. The fraction of sp³-hybridized carbons (Fsp3) is 0.500. The number of phenols is 1. The molecule has 1 aromatic carbocycles. The molecule has 1 aromatic rings. The van der Waals surface area contributed by atoms with Gasteiger partial charge in [0.1, 0.15) is 5.75 Å². The molecule has 0 atom stereocenters. The van der Waals surface area contributed by atoms with E-state index in [1.54, 1.807) is 0 Å². The molecule has 114 valence electrons. The van der Waals surface area contributed by atoms with Gasteiger partial charge in [0.05, 0.1) is 16.7 Å². The van der Waals surface area contributed by atoms with E-state index in [9.17, 15) is 20.0 Å². The Balaban J connectivity index is 2.01. The second kappa shape index (κ2) is 6.09. The van der Waals surface area contributed by atoms with Gasteiger partial charge >= 0.3 is 0 Å². The molecule has 1 aliphatic carbocycles. The molecule has 1 amide bonds. The predicted octanol–water partition coefficient (Wildman–Crippen LogP) is 2.29. The van der Waals surface area contributed by atoms with Gasteiger partial charge in [0.2, 0.25) is 5.91 Å². The van der Waals surface area contributed by atoms with E-state index < -0.39 is 10.5 Å². The van der Waals surface area contributed by atoms with Crippen molar-refractivity contribution in [1.29, 1.82) is 0 Å². The number of rotatable bonds is 4. The van der Waals surface area contributed by atoms with Gasteiger partial charge in [-0.3, -0.25) is 14.9 Å². The molecule has 1 aliphatic rings. The molecule has 2 rings (SSSR count). The number of hydrogen-bond acceptors (Lipinski definition) is 5. The van der Waals surface area contributed by atoms with Crippen molar-refractivity contribution in [2.45, 2.75) is 44.1 Å². The first kappa shape index (κ1) is 15.2. The summed E-state index contributed by atoms with van der Waals surface area (Å²) < 4.78 is 0. The summed E-state index contributed by atoms with van der Waals surface area (Å²) in [6.45, 7) is 0. The summed E-state index contributed by atoms with van der Waals surface area (Å²) in [6, 6.07) is 3.55. The lowest BCUT2D eigenvalue weighted by molar-refractivity contribution is -0.384. The fourth-order valence-corrected chi connectivity index (χ4v) is 2.69. The summed E-state index contributed by atoms with van der Waals surface area (Å²) in [7, 11) is 0. The first-order chi connectivity index (χ1) is 9.89. The molecule has 21 heavy (non-hydrogen) atoms. The molecule has 7 heteroatoms. The predicted molar refractivity (Wildman–Crippen MR) is 78.0 cm³/mol. The number of carbonyl (C=O) groups excluding carboxylic acids is 1. The maximum Gasteiger partial charge on any atom is 0.273 e. The van der Waals surface area contributed by atoms with E-state index in [1.807, 2.05) is 0 Å². The number of nitrogens with zero attached hydrogens (tertiary/aromatic N) is 1. The molecule has 4 N–H and O–H groups in total. The minimum Gasteiger partial charge on any atom is -0.506 e. The minimum absolute atomic E-state index is 0.157. The minimum atomic E-state index is -0.609. The van der Waals surface area contributed by atoms with Gasteiger partial charge in [-0.25, -0.2) is 0 Å². The maximum atomic E-state index is 12.0. The highest BCUT2D eigenvalue weighted by Crippen LogP contribution is 2.31. The summed E-state index contributed by atoms with van der Waals surface area (Å²) >= 11 is 0. The first-order valence-electron chi connectivity index (χ1n) is 6.96. The standard InChI is InChI=1S/C14H19N3O4/c15-14(6-2-1-3-7-14)9-13(19)16-11-5-4-10(17(20)21)8-12(11)18/h4-5,8,18H,1-3,6-7,9,15H2,(H,16,19). The molecule has 1 saturated carbocycles. The van der Waals surface area contributed by atoms with Crippen molar-refractivity contribution in [1.82, 2.24) is 0 Å². The third-order valence-corrected chi connectivity index (χ3v) is 3.83. The number of aromatic hydroxyl groups is 1. The first-order valence-corrected chi connectivity index (χ1v) is 6.96. The molecule has 0 bridgehead atoms. The molecule has 0 radical (unpaired) electrons. The lowest BCUT2D eigenvalue weighted by Gasteiger charge is -2.32. The average molecular weight is 293 g/mol. The third-order valence-electron chi connectivity index (χ3n) is 3.83. The maximum absolute atomic E-state index is 12.0. The van der Waals surface area contributed by atoms with Crippen LogP contribution in [0.1, 0.15) is 38.5 Å². The normalized spacial score (nSPS) is 17.2. The Morgan fingerprint density at radius 1 is 1.38 bits per heavy atom. The van der Waals surface area contributed by atoms with Crippen molar-refractivity contribution in [2.24, 2.45) is 5.73 Å². The Morgan fingerprint density at radius 2 is 2.05 bits per heavy atom. The Kier molecular flexibility index (Phi) is 4.42. The van der Waals surface area contributed by atoms with Crippen molar-refractivity contribution in [2.75, 3.05) is 5.32 Å². The number of anilines is 1. The number of benzene rings is 1. The number of amides is 1. The van der Waals surface area contributed by atoms with Gasteiger partial charge in [0.15, 0.2) is 0 Å². The highest BCUT2D eigenvalue weighted by molar-refractivity contribution is 5.93. The lowest BCUT2D eigenvalue weighted by atomic mass is 9.80. The van der Waals surface area contributed by atoms with E-state index >= 15 is 0 Å². The Morgan fingerprint density at radius 3 is 2.62 bits per heavy atom. The SMILES string of the molecule is NC1(CC(=O)Nc2ccc([N+](=O)[O-])cc2O)CCCCC1. The highest BCUT2D eigenvalue weighted by atomic mass is 16.6. The van der Waals surface area contributed by atoms with E-state index in [0.717, 1.165) is 38.2 Å². The van der Waals surface area contributed by atoms with Crippen LogP contribution >= 0.6 is 0 Å². The average Bonchev–Trinajstić information content (AvgIpc) is 2.41. The largest absolute Gasteiger partial charge is 0.506 e. The van der Waals surface area contributed by atoms with Crippen molar-refractivity contribution in [3.05, 3.63) is 28.3 Å². The Labute approximate surface area is 122 Å². The van der Waals surface area contributed by atoms with Crippen molar-refractivity contribution in [3.8, 4) is 5.75 Å². The van der Waals surface area contributed by atoms with Crippen LogP contribution in [0.15, 0.2) is 18.2 Å². The van der Waals surface area contributed by atoms with Crippen LogP contribution in [-0.2, 0) is 4.79 Å². The summed E-state index contributed by atoms with van der Waals surface area (Å²) in [5.74, 6) is -0.615. The summed E-state index contributed by atoms with van der Waals surface area (Å²) in [5, 5.41) is 22.8. The van der Waals surface area contributed by atoms with Gasteiger partial charge < -0.3 is 16.2 Å². The zero-order valence-electron chi connectivity index (χ0n) is 11.7.